The number of nitrogens with zero attached hydrogens (tertiary/aromatic N) is 3. The van der Waals surface area contributed by atoms with Gasteiger partial charge in [0.25, 0.3) is 0 Å². The number of nitro groups is 1. The van der Waals surface area contributed by atoms with Gasteiger partial charge < -0.3 is 5.32 Å². The summed E-state index contributed by atoms with van der Waals surface area (Å²) in [5.74, 6) is 1.41. The Balaban J connectivity index is 1.98. The highest BCUT2D eigenvalue weighted by molar-refractivity contribution is 5.59. The van der Waals surface area contributed by atoms with Crippen molar-refractivity contribution in [1.29, 1.82) is 0 Å². The molecule has 0 bridgehead atoms. The van der Waals surface area contributed by atoms with Crippen LogP contribution in [0.15, 0.2) is 0 Å². The van der Waals surface area contributed by atoms with Gasteiger partial charge in [0.2, 0.25) is 5.82 Å². The summed E-state index contributed by atoms with van der Waals surface area (Å²) in [4.78, 5) is 10.9. The van der Waals surface area contributed by atoms with Crippen LogP contribution >= 0.6 is 0 Å². The van der Waals surface area contributed by atoms with Gasteiger partial charge in [0.1, 0.15) is 5.69 Å². The molecule has 0 unspecified atom stereocenters. The number of nitrogens with one attached hydrogen (secondary N) is 1. The summed E-state index contributed by atoms with van der Waals surface area (Å²) >= 11 is 0. The first-order chi connectivity index (χ1) is 10.0. The van der Waals surface area contributed by atoms with Crippen molar-refractivity contribution in [1.82, 2.24) is 9.78 Å². The normalized spacial score (nSPS) is 15.8. The first-order valence-electron chi connectivity index (χ1n) is 7.98. The molecule has 0 amide bonds. The van der Waals surface area contributed by atoms with Gasteiger partial charge in [-0.25, -0.2) is 4.68 Å². The first kappa shape index (κ1) is 15.8. The van der Waals surface area contributed by atoms with Gasteiger partial charge in [0.15, 0.2) is 0 Å². The predicted octanol–water partition coefficient (Wildman–Crippen LogP) is 4.06. The summed E-state index contributed by atoms with van der Waals surface area (Å²) < 4.78 is 1.73. The van der Waals surface area contributed by atoms with Crippen LogP contribution in [0, 0.1) is 23.0 Å². The van der Waals surface area contributed by atoms with E-state index in [-0.39, 0.29) is 16.7 Å². The standard InChI is InChI=1S/C15H26N4O2/c1-11(2)18-15(14(19(20)21)12(3)17-18)16-10-6-9-13-7-4-5-8-13/h11,13,16H,4-10H2,1-3H3. The van der Waals surface area contributed by atoms with Crippen LogP contribution in [-0.2, 0) is 0 Å². The number of anilines is 1. The molecule has 1 heterocycles. The molecule has 1 N–H and O–H groups in total. The molecule has 0 spiro atoms. The average Bonchev–Trinajstić information content (AvgIpc) is 3.02. The van der Waals surface area contributed by atoms with Gasteiger partial charge in [0, 0.05) is 12.6 Å². The van der Waals surface area contributed by atoms with Gasteiger partial charge in [-0.2, -0.15) is 5.10 Å². The van der Waals surface area contributed by atoms with E-state index in [1.54, 1.807) is 11.6 Å². The first-order valence-corrected chi connectivity index (χ1v) is 7.98. The summed E-state index contributed by atoms with van der Waals surface area (Å²) in [6.45, 7) is 6.44. The maximum atomic E-state index is 11.2. The third-order valence-corrected chi connectivity index (χ3v) is 4.28. The third kappa shape index (κ3) is 3.74. The fraction of sp³-hybridized carbons (Fsp3) is 0.800. The Morgan fingerprint density at radius 1 is 1.43 bits per heavy atom. The van der Waals surface area contributed by atoms with E-state index in [4.69, 9.17) is 0 Å². The second-order valence-electron chi connectivity index (χ2n) is 6.30. The second-order valence-corrected chi connectivity index (χ2v) is 6.30. The van der Waals surface area contributed by atoms with E-state index in [0.717, 1.165) is 18.9 Å². The molecule has 0 radical (unpaired) electrons. The van der Waals surface area contributed by atoms with Gasteiger partial charge in [-0.15, -0.1) is 0 Å². The van der Waals surface area contributed by atoms with Crippen molar-refractivity contribution in [2.24, 2.45) is 5.92 Å². The van der Waals surface area contributed by atoms with Gasteiger partial charge in [-0.1, -0.05) is 25.7 Å². The molecule has 118 valence electrons. The number of hydrogen-bond donors (Lipinski definition) is 1. The Labute approximate surface area is 126 Å². The molecule has 1 aromatic heterocycles. The van der Waals surface area contributed by atoms with Gasteiger partial charge in [0.05, 0.1) is 4.92 Å². The van der Waals surface area contributed by atoms with Crippen LogP contribution in [0.5, 0.6) is 0 Å². The zero-order chi connectivity index (χ0) is 15.4. The summed E-state index contributed by atoms with van der Waals surface area (Å²) in [5.41, 5.74) is 0.594. The third-order valence-electron chi connectivity index (χ3n) is 4.28. The minimum atomic E-state index is -0.333. The summed E-state index contributed by atoms with van der Waals surface area (Å²) in [6, 6.07) is 0.106. The zero-order valence-corrected chi connectivity index (χ0v) is 13.3. The van der Waals surface area contributed by atoms with E-state index in [0.29, 0.717) is 11.5 Å². The predicted molar refractivity (Wildman–Crippen MR) is 83.7 cm³/mol. The molecular formula is C15H26N4O2. The maximum Gasteiger partial charge on any atom is 0.333 e. The Kier molecular flexibility index (Phi) is 5.20. The molecule has 6 nitrogen and oxygen atoms in total. The van der Waals surface area contributed by atoms with Crippen molar-refractivity contribution < 1.29 is 4.92 Å². The molecule has 1 saturated carbocycles. The van der Waals surface area contributed by atoms with E-state index < -0.39 is 0 Å². The molecule has 1 aliphatic rings. The molecule has 0 saturated heterocycles. The molecular weight excluding hydrogens is 268 g/mol. The van der Waals surface area contributed by atoms with Crippen LogP contribution in [0.4, 0.5) is 11.5 Å². The van der Waals surface area contributed by atoms with Crippen LogP contribution in [0.3, 0.4) is 0 Å². The van der Waals surface area contributed by atoms with Crippen molar-refractivity contribution >= 4 is 11.5 Å². The minimum Gasteiger partial charge on any atom is -0.365 e. The fourth-order valence-electron chi connectivity index (χ4n) is 3.19. The average molecular weight is 294 g/mol. The summed E-state index contributed by atoms with van der Waals surface area (Å²) in [6.07, 6.45) is 7.71. The number of hydrogen-bond acceptors (Lipinski definition) is 4. The molecule has 0 aliphatic heterocycles. The van der Waals surface area contributed by atoms with Crippen LogP contribution < -0.4 is 5.32 Å². The largest absolute Gasteiger partial charge is 0.365 e. The molecule has 1 aromatic rings. The van der Waals surface area contributed by atoms with E-state index in [2.05, 4.69) is 10.4 Å². The molecule has 2 rings (SSSR count). The second kappa shape index (κ2) is 6.91. The van der Waals surface area contributed by atoms with E-state index in [1.807, 2.05) is 13.8 Å². The topological polar surface area (TPSA) is 73.0 Å². The molecule has 0 aromatic carbocycles. The zero-order valence-electron chi connectivity index (χ0n) is 13.3. The number of aromatic nitrogens is 2. The Hall–Kier alpha value is -1.59. The lowest BCUT2D eigenvalue weighted by Crippen LogP contribution is -2.12. The fourth-order valence-corrected chi connectivity index (χ4v) is 3.19. The SMILES string of the molecule is Cc1nn(C(C)C)c(NCCCC2CCCC2)c1[N+](=O)[O-]. The van der Waals surface area contributed by atoms with Crippen LogP contribution in [0.2, 0.25) is 0 Å². The lowest BCUT2D eigenvalue weighted by molar-refractivity contribution is -0.384. The van der Waals surface area contributed by atoms with Crippen molar-refractivity contribution in [3.05, 3.63) is 15.8 Å². The van der Waals surface area contributed by atoms with Gasteiger partial charge in [-0.3, -0.25) is 10.1 Å². The quantitative estimate of drug-likeness (QED) is 0.467. The molecule has 1 fully saturated rings. The van der Waals surface area contributed by atoms with Crippen LogP contribution in [-0.4, -0.2) is 21.2 Å². The smallest absolute Gasteiger partial charge is 0.333 e. The van der Waals surface area contributed by atoms with E-state index >= 15 is 0 Å². The lowest BCUT2D eigenvalue weighted by atomic mass is 10.0. The summed E-state index contributed by atoms with van der Waals surface area (Å²) in [5, 5.41) is 18.8. The molecule has 0 atom stereocenters. The van der Waals surface area contributed by atoms with E-state index in [1.165, 1.54) is 32.1 Å². The molecule has 1 aliphatic carbocycles. The number of rotatable bonds is 7. The van der Waals surface area contributed by atoms with Crippen molar-refractivity contribution in [2.45, 2.75) is 65.3 Å². The Morgan fingerprint density at radius 3 is 2.67 bits per heavy atom. The van der Waals surface area contributed by atoms with Gasteiger partial charge in [-0.05, 0) is 39.5 Å². The minimum absolute atomic E-state index is 0.106. The molecule has 6 heteroatoms. The molecule has 21 heavy (non-hydrogen) atoms. The summed E-state index contributed by atoms with van der Waals surface area (Å²) in [7, 11) is 0. The number of aryl methyl sites for hydroxylation is 1. The van der Waals surface area contributed by atoms with Crippen LogP contribution in [0.25, 0.3) is 0 Å². The lowest BCUT2D eigenvalue weighted by Gasteiger charge is -2.13. The highest BCUT2D eigenvalue weighted by Crippen LogP contribution is 2.31. The van der Waals surface area contributed by atoms with E-state index in [9.17, 15) is 10.1 Å². The highest BCUT2D eigenvalue weighted by Gasteiger charge is 2.26. The highest BCUT2D eigenvalue weighted by atomic mass is 16.6. The monoisotopic (exact) mass is 294 g/mol. The van der Waals surface area contributed by atoms with Crippen molar-refractivity contribution in [3.8, 4) is 0 Å². The Morgan fingerprint density at radius 2 is 2.10 bits per heavy atom. The maximum absolute atomic E-state index is 11.2. The Bertz CT molecular complexity index is 490. The van der Waals surface area contributed by atoms with Crippen LogP contribution in [0.1, 0.15) is 64.1 Å². The van der Waals surface area contributed by atoms with Gasteiger partial charge >= 0.3 is 5.69 Å². The van der Waals surface area contributed by atoms with Crippen molar-refractivity contribution in [3.63, 3.8) is 0 Å². The van der Waals surface area contributed by atoms with Crippen molar-refractivity contribution in [2.75, 3.05) is 11.9 Å².